The summed E-state index contributed by atoms with van der Waals surface area (Å²) < 4.78 is 51.7. The number of nitrogens with zero attached hydrogens (tertiary/aromatic N) is 1. The van der Waals surface area contributed by atoms with Crippen molar-refractivity contribution in [2.45, 2.75) is 6.18 Å². The molecule has 0 spiro atoms. The van der Waals surface area contributed by atoms with Crippen molar-refractivity contribution < 1.29 is 22.4 Å². The van der Waals surface area contributed by atoms with Gasteiger partial charge in [0.25, 0.3) is 0 Å². The van der Waals surface area contributed by atoms with Gasteiger partial charge in [0.15, 0.2) is 5.13 Å². The van der Waals surface area contributed by atoms with Crippen LogP contribution < -0.4 is 10.6 Å². The molecule has 2 amide bonds. The van der Waals surface area contributed by atoms with Crippen LogP contribution in [0.5, 0.6) is 0 Å². The minimum Gasteiger partial charge on any atom is -0.305 e. The standard InChI is InChI=1S/C11H6BrF4N3OS/c12-8-4-17-10(21-8)19-9(20)18-7-3-5(11(14,15)16)1-2-6(7)13/h1-4H,(H2,17,18,19,20). The second-order valence-corrected chi connectivity index (χ2v) is 6.15. The molecule has 0 aliphatic carbocycles. The molecular weight excluding hydrogens is 378 g/mol. The molecule has 1 heterocycles. The second kappa shape index (κ2) is 5.98. The van der Waals surface area contributed by atoms with Crippen LogP contribution in [0.3, 0.4) is 0 Å². The van der Waals surface area contributed by atoms with E-state index in [0.717, 1.165) is 11.3 Å². The fourth-order valence-electron chi connectivity index (χ4n) is 1.36. The number of aromatic nitrogens is 1. The zero-order valence-electron chi connectivity index (χ0n) is 9.96. The predicted octanol–water partition coefficient (Wildman–Crippen LogP) is 4.71. The Morgan fingerprint density at radius 2 is 2.00 bits per heavy atom. The summed E-state index contributed by atoms with van der Waals surface area (Å²) in [7, 11) is 0. The minimum absolute atomic E-state index is 0.215. The normalized spacial score (nSPS) is 11.3. The molecule has 10 heteroatoms. The Morgan fingerprint density at radius 1 is 1.29 bits per heavy atom. The molecular formula is C11H6BrF4N3OS. The summed E-state index contributed by atoms with van der Waals surface area (Å²) in [5.41, 5.74) is -1.63. The van der Waals surface area contributed by atoms with Crippen LogP contribution in [0.2, 0.25) is 0 Å². The molecule has 0 aliphatic rings. The van der Waals surface area contributed by atoms with Gasteiger partial charge in [0, 0.05) is 0 Å². The third-order valence-electron chi connectivity index (χ3n) is 2.24. The molecule has 0 radical (unpaired) electrons. The van der Waals surface area contributed by atoms with Gasteiger partial charge in [0.2, 0.25) is 0 Å². The summed E-state index contributed by atoms with van der Waals surface area (Å²) >= 11 is 4.23. The van der Waals surface area contributed by atoms with Crippen LogP contribution in [0.4, 0.5) is 33.2 Å². The lowest BCUT2D eigenvalue weighted by atomic mass is 10.2. The number of halogens is 5. The van der Waals surface area contributed by atoms with Gasteiger partial charge in [0.1, 0.15) is 5.82 Å². The molecule has 0 unspecified atom stereocenters. The average molecular weight is 384 g/mol. The van der Waals surface area contributed by atoms with E-state index in [1.165, 1.54) is 6.20 Å². The van der Waals surface area contributed by atoms with E-state index < -0.39 is 29.3 Å². The highest BCUT2D eigenvalue weighted by Crippen LogP contribution is 2.32. The smallest absolute Gasteiger partial charge is 0.305 e. The molecule has 21 heavy (non-hydrogen) atoms. The van der Waals surface area contributed by atoms with E-state index in [9.17, 15) is 22.4 Å². The molecule has 0 bridgehead atoms. The molecule has 4 nitrogen and oxygen atoms in total. The predicted molar refractivity (Wildman–Crippen MR) is 73.9 cm³/mol. The molecule has 0 saturated heterocycles. The van der Waals surface area contributed by atoms with E-state index in [-0.39, 0.29) is 5.13 Å². The average Bonchev–Trinajstić information content (AvgIpc) is 2.76. The molecule has 0 saturated carbocycles. The van der Waals surface area contributed by atoms with Gasteiger partial charge in [-0.1, -0.05) is 11.3 Å². The van der Waals surface area contributed by atoms with E-state index in [1.54, 1.807) is 0 Å². The lowest BCUT2D eigenvalue weighted by Gasteiger charge is -2.10. The SMILES string of the molecule is O=C(Nc1ncc(Br)s1)Nc1cc(C(F)(F)F)ccc1F. The van der Waals surface area contributed by atoms with Crippen LogP contribution in [0, 0.1) is 5.82 Å². The summed E-state index contributed by atoms with van der Waals surface area (Å²) in [6.45, 7) is 0. The zero-order valence-corrected chi connectivity index (χ0v) is 12.4. The molecule has 2 rings (SSSR count). The summed E-state index contributed by atoms with van der Waals surface area (Å²) in [5, 5.41) is 4.50. The number of hydrogen-bond donors (Lipinski definition) is 2. The Morgan fingerprint density at radius 3 is 2.57 bits per heavy atom. The molecule has 112 valence electrons. The Balaban J connectivity index is 2.13. The van der Waals surface area contributed by atoms with Crippen LogP contribution in [-0.4, -0.2) is 11.0 Å². The topological polar surface area (TPSA) is 54.0 Å². The van der Waals surface area contributed by atoms with Gasteiger partial charge < -0.3 is 5.32 Å². The fraction of sp³-hybridized carbons (Fsp3) is 0.0909. The first kappa shape index (κ1) is 15.7. The van der Waals surface area contributed by atoms with E-state index >= 15 is 0 Å². The quantitative estimate of drug-likeness (QED) is 0.738. The number of carbonyl (C=O) groups excluding carboxylic acids is 1. The van der Waals surface area contributed by atoms with Crippen molar-refractivity contribution in [1.82, 2.24) is 4.98 Å². The number of amides is 2. The summed E-state index contributed by atoms with van der Waals surface area (Å²) in [6, 6.07) is 0.858. The summed E-state index contributed by atoms with van der Waals surface area (Å²) in [5.74, 6) is -0.974. The van der Waals surface area contributed by atoms with Crippen molar-refractivity contribution in [2.24, 2.45) is 0 Å². The van der Waals surface area contributed by atoms with Gasteiger partial charge in [0.05, 0.1) is 21.2 Å². The zero-order chi connectivity index (χ0) is 15.6. The number of benzene rings is 1. The van der Waals surface area contributed by atoms with E-state index in [4.69, 9.17) is 0 Å². The van der Waals surface area contributed by atoms with Crippen molar-refractivity contribution in [3.63, 3.8) is 0 Å². The number of rotatable bonds is 2. The van der Waals surface area contributed by atoms with Crippen LogP contribution in [-0.2, 0) is 6.18 Å². The third-order valence-corrected chi connectivity index (χ3v) is 3.63. The highest BCUT2D eigenvalue weighted by Gasteiger charge is 2.31. The maximum absolute atomic E-state index is 13.4. The van der Waals surface area contributed by atoms with E-state index in [1.807, 2.05) is 5.32 Å². The van der Waals surface area contributed by atoms with Crippen LogP contribution in [0.15, 0.2) is 28.2 Å². The first-order valence-corrected chi connectivity index (χ1v) is 6.93. The van der Waals surface area contributed by atoms with E-state index in [2.05, 4.69) is 26.2 Å². The number of hydrogen-bond acceptors (Lipinski definition) is 3. The first-order chi connectivity index (χ1) is 9.75. The highest BCUT2D eigenvalue weighted by molar-refractivity contribution is 9.11. The molecule has 2 aromatic rings. The lowest BCUT2D eigenvalue weighted by molar-refractivity contribution is -0.137. The number of thiazole rings is 1. The molecule has 0 aliphatic heterocycles. The van der Waals surface area contributed by atoms with Crippen LogP contribution >= 0.6 is 27.3 Å². The number of nitrogens with one attached hydrogen (secondary N) is 2. The van der Waals surface area contributed by atoms with Gasteiger partial charge in [-0.2, -0.15) is 13.2 Å². The van der Waals surface area contributed by atoms with Crippen LogP contribution in [0.25, 0.3) is 0 Å². The fourth-order valence-corrected chi connectivity index (χ4v) is 2.46. The molecule has 0 fully saturated rings. The van der Waals surface area contributed by atoms with Gasteiger partial charge in [-0.15, -0.1) is 0 Å². The number of urea groups is 1. The maximum atomic E-state index is 13.4. The van der Waals surface area contributed by atoms with Crippen molar-refractivity contribution >= 4 is 44.1 Å². The highest BCUT2D eigenvalue weighted by atomic mass is 79.9. The Bertz CT molecular complexity index is 674. The van der Waals surface area contributed by atoms with Gasteiger partial charge >= 0.3 is 12.2 Å². The summed E-state index contributed by atoms with van der Waals surface area (Å²) in [4.78, 5) is 15.4. The van der Waals surface area contributed by atoms with E-state index in [0.29, 0.717) is 22.0 Å². The van der Waals surface area contributed by atoms with Gasteiger partial charge in [-0.3, -0.25) is 5.32 Å². The minimum atomic E-state index is -4.62. The van der Waals surface area contributed by atoms with Crippen LogP contribution in [0.1, 0.15) is 5.56 Å². The molecule has 2 N–H and O–H groups in total. The maximum Gasteiger partial charge on any atom is 0.416 e. The Labute approximate surface area is 128 Å². The molecule has 1 aromatic carbocycles. The Hall–Kier alpha value is -1.68. The van der Waals surface area contributed by atoms with Gasteiger partial charge in [-0.05, 0) is 34.1 Å². The number of alkyl halides is 3. The molecule has 0 atom stereocenters. The molecule has 1 aromatic heterocycles. The van der Waals surface area contributed by atoms with Crippen molar-refractivity contribution in [3.8, 4) is 0 Å². The number of anilines is 2. The monoisotopic (exact) mass is 383 g/mol. The number of carbonyl (C=O) groups is 1. The van der Waals surface area contributed by atoms with Crippen molar-refractivity contribution in [3.05, 3.63) is 39.6 Å². The summed E-state index contributed by atoms with van der Waals surface area (Å²) in [6.07, 6.45) is -3.19. The largest absolute Gasteiger partial charge is 0.416 e. The lowest BCUT2D eigenvalue weighted by Crippen LogP contribution is -2.20. The Kier molecular flexibility index (Phi) is 4.47. The van der Waals surface area contributed by atoms with Crippen molar-refractivity contribution in [2.75, 3.05) is 10.6 Å². The van der Waals surface area contributed by atoms with Gasteiger partial charge in [-0.25, -0.2) is 14.2 Å². The first-order valence-electron chi connectivity index (χ1n) is 5.32. The third kappa shape index (κ3) is 4.14. The van der Waals surface area contributed by atoms with Crippen molar-refractivity contribution in [1.29, 1.82) is 0 Å². The second-order valence-electron chi connectivity index (χ2n) is 3.74.